The van der Waals surface area contributed by atoms with Crippen LogP contribution in [0.25, 0.3) is 0 Å². The van der Waals surface area contributed by atoms with Crippen LogP contribution < -0.4 is 5.32 Å². The van der Waals surface area contributed by atoms with Gasteiger partial charge in [-0.25, -0.2) is 0 Å². The molecule has 0 spiro atoms. The van der Waals surface area contributed by atoms with Crippen molar-refractivity contribution in [3.63, 3.8) is 0 Å². The van der Waals surface area contributed by atoms with Crippen LogP contribution in [0, 0.1) is 11.8 Å². The standard InChI is InChI=1S/C15H17NO4/c17-14(10-4-5-10)19-8-12-2-1-3-13(16-12)9-20-15(18)11-6-7-11/h1-2,8-11,16H,3-7H2. The van der Waals surface area contributed by atoms with Gasteiger partial charge in [0.1, 0.15) is 12.5 Å². The highest BCUT2D eigenvalue weighted by Crippen LogP contribution is 2.31. The highest BCUT2D eigenvalue weighted by atomic mass is 16.5. The lowest BCUT2D eigenvalue weighted by Crippen LogP contribution is -2.17. The highest BCUT2D eigenvalue weighted by Gasteiger charge is 2.31. The topological polar surface area (TPSA) is 64.6 Å². The molecule has 1 N–H and O–H groups in total. The third kappa shape index (κ3) is 3.50. The first-order valence-corrected chi connectivity index (χ1v) is 6.96. The van der Waals surface area contributed by atoms with E-state index in [1.54, 1.807) is 0 Å². The average molecular weight is 275 g/mol. The van der Waals surface area contributed by atoms with Crippen LogP contribution in [0.3, 0.4) is 0 Å². The lowest BCUT2D eigenvalue weighted by atomic mass is 10.2. The molecular weight excluding hydrogens is 258 g/mol. The number of ether oxygens (including phenoxy) is 2. The van der Waals surface area contributed by atoms with Gasteiger partial charge >= 0.3 is 11.9 Å². The maximum absolute atomic E-state index is 11.4. The number of hydrogen-bond acceptors (Lipinski definition) is 5. The summed E-state index contributed by atoms with van der Waals surface area (Å²) in [6, 6.07) is 0. The van der Waals surface area contributed by atoms with E-state index in [0.717, 1.165) is 31.4 Å². The van der Waals surface area contributed by atoms with Gasteiger partial charge in [0.25, 0.3) is 0 Å². The lowest BCUT2D eigenvalue weighted by Gasteiger charge is -2.14. The van der Waals surface area contributed by atoms with Gasteiger partial charge in [-0.1, -0.05) is 6.08 Å². The van der Waals surface area contributed by atoms with E-state index in [-0.39, 0.29) is 23.8 Å². The molecule has 2 saturated carbocycles. The van der Waals surface area contributed by atoms with Crippen LogP contribution in [-0.2, 0) is 19.1 Å². The second-order valence-electron chi connectivity index (χ2n) is 5.37. The average Bonchev–Trinajstić information content (AvgIpc) is 3.31. The van der Waals surface area contributed by atoms with E-state index in [1.165, 1.54) is 12.5 Å². The normalized spacial score (nSPS) is 25.4. The third-order valence-corrected chi connectivity index (χ3v) is 3.38. The molecule has 0 aromatic carbocycles. The molecule has 3 rings (SSSR count). The molecule has 0 unspecified atom stereocenters. The Kier molecular flexibility index (Phi) is 3.58. The summed E-state index contributed by atoms with van der Waals surface area (Å²) >= 11 is 0. The Morgan fingerprint density at radius 2 is 1.65 bits per heavy atom. The Hall–Kier alpha value is -2.04. The predicted octanol–water partition coefficient (Wildman–Crippen LogP) is 2.13. The second-order valence-corrected chi connectivity index (χ2v) is 5.37. The number of allylic oxidation sites excluding steroid dienone is 2. The molecule has 5 nitrogen and oxygen atoms in total. The minimum Gasteiger partial charge on any atom is -0.432 e. The monoisotopic (exact) mass is 275 g/mol. The van der Waals surface area contributed by atoms with E-state index in [4.69, 9.17) is 9.47 Å². The summed E-state index contributed by atoms with van der Waals surface area (Å²) in [6.07, 6.45) is 11.0. The van der Waals surface area contributed by atoms with E-state index in [2.05, 4.69) is 5.32 Å². The van der Waals surface area contributed by atoms with Gasteiger partial charge in [-0.05, 0) is 31.8 Å². The molecule has 0 aromatic rings. The lowest BCUT2D eigenvalue weighted by molar-refractivity contribution is -0.140. The van der Waals surface area contributed by atoms with Gasteiger partial charge in [-0.15, -0.1) is 0 Å². The van der Waals surface area contributed by atoms with Crippen LogP contribution >= 0.6 is 0 Å². The van der Waals surface area contributed by atoms with Gasteiger partial charge in [0, 0.05) is 6.42 Å². The van der Waals surface area contributed by atoms with E-state index in [1.807, 2.05) is 12.2 Å². The summed E-state index contributed by atoms with van der Waals surface area (Å²) in [7, 11) is 0. The molecule has 2 aliphatic carbocycles. The fourth-order valence-electron chi connectivity index (χ4n) is 1.82. The summed E-state index contributed by atoms with van der Waals surface area (Å²) in [6.45, 7) is 0. The van der Waals surface area contributed by atoms with Crippen molar-refractivity contribution < 1.29 is 19.1 Å². The van der Waals surface area contributed by atoms with Crippen molar-refractivity contribution in [1.82, 2.24) is 5.32 Å². The molecule has 2 fully saturated rings. The van der Waals surface area contributed by atoms with Gasteiger partial charge in [0.2, 0.25) is 0 Å². The zero-order valence-electron chi connectivity index (χ0n) is 11.1. The fourth-order valence-corrected chi connectivity index (χ4v) is 1.82. The molecule has 1 heterocycles. The zero-order valence-corrected chi connectivity index (χ0v) is 11.1. The Morgan fingerprint density at radius 3 is 2.25 bits per heavy atom. The van der Waals surface area contributed by atoms with Crippen LogP contribution in [-0.4, -0.2) is 11.9 Å². The largest absolute Gasteiger partial charge is 0.432 e. The minimum atomic E-state index is -0.177. The zero-order chi connectivity index (χ0) is 13.9. The van der Waals surface area contributed by atoms with Crippen LogP contribution in [0.2, 0.25) is 0 Å². The number of carbonyl (C=O) groups is 2. The van der Waals surface area contributed by atoms with Gasteiger partial charge in [0.05, 0.1) is 23.2 Å². The van der Waals surface area contributed by atoms with E-state index >= 15 is 0 Å². The molecule has 0 amide bonds. The van der Waals surface area contributed by atoms with Crippen molar-refractivity contribution in [3.8, 4) is 0 Å². The summed E-state index contributed by atoms with van der Waals surface area (Å²) in [5.41, 5.74) is 1.45. The summed E-state index contributed by atoms with van der Waals surface area (Å²) < 4.78 is 10.2. The van der Waals surface area contributed by atoms with Gasteiger partial charge in [-0.2, -0.15) is 0 Å². The number of hydrogen-bond donors (Lipinski definition) is 1. The number of nitrogens with one attached hydrogen (secondary N) is 1. The third-order valence-electron chi connectivity index (χ3n) is 3.38. The molecule has 106 valence electrons. The van der Waals surface area contributed by atoms with Gasteiger partial charge in [0.15, 0.2) is 0 Å². The first-order chi connectivity index (χ1) is 9.72. The van der Waals surface area contributed by atoms with Crippen molar-refractivity contribution in [2.24, 2.45) is 11.8 Å². The Bertz CT molecular complexity index is 510. The number of rotatable bonds is 4. The number of esters is 2. The van der Waals surface area contributed by atoms with Crippen LogP contribution in [0.1, 0.15) is 32.1 Å². The highest BCUT2D eigenvalue weighted by molar-refractivity contribution is 5.76. The van der Waals surface area contributed by atoms with Crippen LogP contribution in [0.15, 0.2) is 36.1 Å². The first-order valence-electron chi connectivity index (χ1n) is 6.96. The molecule has 0 atom stereocenters. The van der Waals surface area contributed by atoms with E-state index in [9.17, 15) is 9.59 Å². The minimum absolute atomic E-state index is 0.0777. The molecule has 0 bridgehead atoms. The van der Waals surface area contributed by atoms with Crippen LogP contribution in [0.5, 0.6) is 0 Å². The Balaban J connectivity index is 1.52. The van der Waals surface area contributed by atoms with Crippen LogP contribution in [0.4, 0.5) is 0 Å². The molecule has 3 aliphatic rings. The maximum atomic E-state index is 11.4. The van der Waals surface area contributed by atoms with Crippen molar-refractivity contribution in [2.45, 2.75) is 32.1 Å². The van der Waals surface area contributed by atoms with E-state index in [0.29, 0.717) is 12.1 Å². The molecule has 20 heavy (non-hydrogen) atoms. The second kappa shape index (κ2) is 5.53. The van der Waals surface area contributed by atoms with Crippen molar-refractivity contribution in [1.29, 1.82) is 0 Å². The Morgan fingerprint density at radius 1 is 1.05 bits per heavy atom. The predicted molar refractivity (Wildman–Crippen MR) is 70.7 cm³/mol. The smallest absolute Gasteiger partial charge is 0.313 e. The number of carbonyl (C=O) groups excluding carboxylic acids is 2. The molecule has 1 aliphatic heterocycles. The first kappa shape index (κ1) is 13.0. The molecule has 0 saturated heterocycles. The summed E-state index contributed by atoms with van der Waals surface area (Å²) in [4.78, 5) is 22.9. The maximum Gasteiger partial charge on any atom is 0.313 e. The van der Waals surface area contributed by atoms with E-state index < -0.39 is 0 Å². The van der Waals surface area contributed by atoms with Crippen molar-refractivity contribution >= 4 is 11.9 Å². The molecular formula is C15H17NO4. The summed E-state index contributed by atoms with van der Waals surface area (Å²) in [5, 5.41) is 3.06. The Labute approximate surface area is 117 Å². The molecule has 0 radical (unpaired) electrons. The summed E-state index contributed by atoms with van der Waals surface area (Å²) in [5.74, 6) is -0.182. The molecule has 0 aromatic heterocycles. The SMILES string of the molecule is O=C(OC=C1C=CCC(=COC(=O)C2CC2)N1)C1CC1. The fraction of sp³-hybridized carbons (Fsp3) is 0.467. The molecule has 5 heteroatoms. The quantitative estimate of drug-likeness (QED) is 0.629. The van der Waals surface area contributed by atoms with Crippen molar-refractivity contribution in [3.05, 3.63) is 36.1 Å². The van der Waals surface area contributed by atoms with Gasteiger partial charge < -0.3 is 14.8 Å². The van der Waals surface area contributed by atoms with Gasteiger partial charge in [-0.3, -0.25) is 9.59 Å². The van der Waals surface area contributed by atoms with Crippen molar-refractivity contribution in [2.75, 3.05) is 0 Å².